The zero-order valence-electron chi connectivity index (χ0n) is 13.9. The first kappa shape index (κ1) is 18.7. The molecule has 1 aromatic heterocycles. The molecule has 0 spiro atoms. The molecule has 0 saturated carbocycles. The molecule has 0 bridgehead atoms. The van der Waals surface area contributed by atoms with Crippen molar-refractivity contribution in [2.24, 2.45) is 5.92 Å². The van der Waals surface area contributed by atoms with Gasteiger partial charge in [-0.2, -0.15) is 0 Å². The smallest absolute Gasteiger partial charge is 0.308 e. The number of nitrogens with one attached hydrogen (secondary N) is 1. The summed E-state index contributed by atoms with van der Waals surface area (Å²) in [5.41, 5.74) is 1.88. The maximum Gasteiger partial charge on any atom is 0.308 e. The molecule has 0 fully saturated rings. The molecular formula is C17H19NO6S. The second kappa shape index (κ2) is 7.52. The number of carboxylic acid groups (broad SMARTS) is 1. The van der Waals surface area contributed by atoms with Crippen LogP contribution < -0.4 is 5.32 Å². The van der Waals surface area contributed by atoms with Crippen LogP contribution in [-0.2, 0) is 21.1 Å². The highest BCUT2D eigenvalue weighted by atomic mass is 32.2. The predicted molar refractivity (Wildman–Crippen MR) is 90.2 cm³/mol. The van der Waals surface area contributed by atoms with Crippen LogP contribution in [0.3, 0.4) is 0 Å². The van der Waals surface area contributed by atoms with Gasteiger partial charge in [-0.15, -0.1) is 0 Å². The molecule has 2 aromatic rings. The lowest BCUT2D eigenvalue weighted by molar-refractivity contribution is -0.141. The molecule has 0 aliphatic heterocycles. The molecule has 0 aliphatic rings. The molecule has 0 aliphatic carbocycles. The van der Waals surface area contributed by atoms with Gasteiger partial charge in [0.05, 0.1) is 5.92 Å². The van der Waals surface area contributed by atoms with Crippen molar-refractivity contribution >= 4 is 21.7 Å². The Labute approximate surface area is 145 Å². The third kappa shape index (κ3) is 5.18. The number of carbonyl (C=O) groups excluding carboxylic acids is 1. The fraction of sp³-hybridized carbons (Fsp3) is 0.294. The van der Waals surface area contributed by atoms with Crippen molar-refractivity contribution in [3.8, 4) is 0 Å². The van der Waals surface area contributed by atoms with Crippen LogP contribution in [0.4, 0.5) is 0 Å². The van der Waals surface area contributed by atoms with Crippen molar-refractivity contribution in [2.45, 2.75) is 18.4 Å². The third-order valence-electron chi connectivity index (χ3n) is 3.59. The van der Waals surface area contributed by atoms with Crippen LogP contribution >= 0.6 is 0 Å². The van der Waals surface area contributed by atoms with Crippen LogP contribution in [0.2, 0.25) is 0 Å². The first-order valence-electron chi connectivity index (χ1n) is 7.53. The van der Waals surface area contributed by atoms with Gasteiger partial charge in [0, 0.05) is 12.8 Å². The third-order valence-corrected chi connectivity index (χ3v) is 4.54. The van der Waals surface area contributed by atoms with E-state index >= 15 is 0 Å². The van der Waals surface area contributed by atoms with Gasteiger partial charge < -0.3 is 14.8 Å². The maximum atomic E-state index is 12.0. The number of aliphatic carboxylic acids is 1. The van der Waals surface area contributed by atoms with Crippen LogP contribution in [0, 0.1) is 12.8 Å². The number of aryl methyl sites for hydroxylation is 1. The van der Waals surface area contributed by atoms with Crippen molar-refractivity contribution in [3.63, 3.8) is 0 Å². The van der Waals surface area contributed by atoms with E-state index in [1.807, 2.05) is 31.2 Å². The van der Waals surface area contributed by atoms with Crippen molar-refractivity contribution < 1.29 is 27.5 Å². The van der Waals surface area contributed by atoms with Crippen LogP contribution in [0.25, 0.3) is 0 Å². The molecule has 1 amide bonds. The standard InChI is InChI=1S/C17H19NO6S/c1-11-4-3-5-12(8-11)9-13(17(20)21)10-18-16(19)14-6-7-15(24-14)25(2,22)23/h3-8,13H,9-10H2,1-2H3,(H,18,19)(H,20,21). The molecule has 0 saturated heterocycles. The van der Waals surface area contributed by atoms with E-state index in [-0.39, 0.29) is 23.8 Å². The fourth-order valence-corrected chi connectivity index (χ4v) is 2.87. The summed E-state index contributed by atoms with van der Waals surface area (Å²) in [4.78, 5) is 23.4. The highest BCUT2D eigenvalue weighted by molar-refractivity contribution is 7.90. The Kier molecular flexibility index (Phi) is 5.63. The molecule has 7 nitrogen and oxygen atoms in total. The molecule has 8 heteroatoms. The largest absolute Gasteiger partial charge is 0.481 e. The van der Waals surface area contributed by atoms with E-state index in [0.29, 0.717) is 0 Å². The summed E-state index contributed by atoms with van der Waals surface area (Å²) < 4.78 is 27.7. The average Bonchev–Trinajstić information content (AvgIpc) is 3.01. The first-order valence-corrected chi connectivity index (χ1v) is 9.42. The molecule has 1 atom stereocenters. The quantitative estimate of drug-likeness (QED) is 0.771. The first-order chi connectivity index (χ1) is 11.7. The number of sulfone groups is 1. The highest BCUT2D eigenvalue weighted by Gasteiger charge is 2.21. The van der Waals surface area contributed by atoms with Gasteiger partial charge in [-0.05, 0) is 31.0 Å². The lowest BCUT2D eigenvalue weighted by Gasteiger charge is -2.13. The summed E-state index contributed by atoms with van der Waals surface area (Å²) in [7, 11) is -3.55. The predicted octanol–water partition coefficient (Wildman–Crippen LogP) is 1.66. The molecule has 2 rings (SSSR count). The second-order valence-electron chi connectivity index (χ2n) is 5.83. The summed E-state index contributed by atoms with van der Waals surface area (Å²) in [6.45, 7) is 1.81. The van der Waals surface area contributed by atoms with E-state index in [0.717, 1.165) is 17.4 Å². The second-order valence-corrected chi connectivity index (χ2v) is 7.78. The van der Waals surface area contributed by atoms with E-state index in [1.54, 1.807) is 0 Å². The van der Waals surface area contributed by atoms with Crippen LogP contribution in [0.1, 0.15) is 21.7 Å². The van der Waals surface area contributed by atoms with Crippen LogP contribution in [-0.4, -0.2) is 38.2 Å². The summed E-state index contributed by atoms with van der Waals surface area (Å²) >= 11 is 0. The van der Waals surface area contributed by atoms with Gasteiger partial charge in [0.25, 0.3) is 5.91 Å². The molecule has 1 unspecified atom stereocenters. The van der Waals surface area contributed by atoms with E-state index in [2.05, 4.69) is 5.32 Å². The van der Waals surface area contributed by atoms with Crippen molar-refractivity contribution in [1.82, 2.24) is 5.32 Å². The summed E-state index contributed by atoms with van der Waals surface area (Å²) in [5, 5.41) is 11.5. The minimum Gasteiger partial charge on any atom is -0.481 e. The summed E-state index contributed by atoms with van der Waals surface area (Å²) in [6.07, 6.45) is 1.24. The number of hydrogen-bond acceptors (Lipinski definition) is 5. The van der Waals surface area contributed by atoms with Crippen molar-refractivity contribution in [3.05, 3.63) is 53.3 Å². The SMILES string of the molecule is Cc1cccc(CC(CNC(=O)c2ccc(S(C)(=O)=O)o2)C(=O)O)c1. The average molecular weight is 365 g/mol. The summed E-state index contributed by atoms with van der Waals surface area (Å²) in [6, 6.07) is 9.90. The van der Waals surface area contributed by atoms with Gasteiger partial charge >= 0.3 is 5.97 Å². The number of rotatable bonds is 7. The number of amides is 1. The number of hydrogen-bond donors (Lipinski definition) is 2. The minimum atomic E-state index is -3.55. The molecule has 1 heterocycles. The monoisotopic (exact) mass is 365 g/mol. The maximum absolute atomic E-state index is 12.0. The van der Waals surface area contributed by atoms with E-state index in [4.69, 9.17) is 4.42 Å². The van der Waals surface area contributed by atoms with Crippen LogP contribution in [0.5, 0.6) is 0 Å². The van der Waals surface area contributed by atoms with Gasteiger partial charge in [0.15, 0.2) is 5.76 Å². The van der Waals surface area contributed by atoms with E-state index in [1.165, 1.54) is 12.1 Å². The van der Waals surface area contributed by atoms with Crippen LogP contribution in [0.15, 0.2) is 45.9 Å². The molecule has 0 radical (unpaired) electrons. The number of carbonyl (C=O) groups is 2. The molecular weight excluding hydrogens is 346 g/mol. The van der Waals surface area contributed by atoms with Crippen molar-refractivity contribution in [2.75, 3.05) is 12.8 Å². The van der Waals surface area contributed by atoms with E-state index < -0.39 is 27.6 Å². The van der Waals surface area contributed by atoms with Crippen molar-refractivity contribution in [1.29, 1.82) is 0 Å². The lowest BCUT2D eigenvalue weighted by atomic mass is 9.98. The Balaban J connectivity index is 2.02. The molecule has 2 N–H and O–H groups in total. The number of furan rings is 1. The van der Waals surface area contributed by atoms with Gasteiger partial charge in [-0.3, -0.25) is 9.59 Å². The number of benzene rings is 1. The van der Waals surface area contributed by atoms with Gasteiger partial charge in [0.2, 0.25) is 14.9 Å². The Hall–Kier alpha value is -2.61. The fourth-order valence-electron chi connectivity index (χ4n) is 2.31. The minimum absolute atomic E-state index is 0.100. The molecule has 134 valence electrons. The summed E-state index contributed by atoms with van der Waals surface area (Å²) in [5.74, 6) is -2.68. The number of carboxylic acids is 1. The van der Waals surface area contributed by atoms with Gasteiger partial charge in [0.1, 0.15) is 0 Å². The Morgan fingerprint density at radius 1 is 1.24 bits per heavy atom. The highest BCUT2D eigenvalue weighted by Crippen LogP contribution is 2.14. The molecule has 1 aromatic carbocycles. The Morgan fingerprint density at radius 3 is 2.52 bits per heavy atom. The zero-order chi connectivity index (χ0) is 18.6. The van der Waals surface area contributed by atoms with Gasteiger partial charge in [-0.25, -0.2) is 8.42 Å². The normalized spacial score (nSPS) is 12.6. The topological polar surface area (TPSA) is 114 Å². The Bertz CT molecular complexity index is 884. The van der Waals surface area contributed by atoms with Gasteiger partial charge in [-0.1, -0.05) is 29.8 Å². The lowest BCUT2D eigenvalue weighted by Crippen LogP contribution is -2.34. The molecule has 25 heavy (non-hydrogen) atoms. The Morgan fingerprint density at radius 2 is 1.96 bits per heavy atom. The van der Waals surface area contributed by atoms with E-state index in [9.17, 15) is 23.1 Å². The zero-order valence-corrected chi connectivity index (χ0v) is 14.7.